The molecule has 1 N–H and O–H groups in total. The maximum Gasteiger partial charge on any atom is 0.330 e. The molecule has 0 bridgehead atoms. The van der Waals surface area contributed by atoms with E-state index in [1.165, 1.54) is 0 Å². The van der Waals surface area contributed by atoms with Gasteiger partial charge in [-0.25, -0.2) is 14.8 Å². The number of imidazole rings is 2. The van der Waals surface area contributed by atoms with Gasteiger partial charge in [0.15, 0.2) is 5.65 Å². The van der Waals surface area contributed by atoms with E-state index in [1.54, 1.807) is 17.8 Å². The summed E-state index contributed by atoms with van der Waals surface area (Å²) in [5, 5.41) is 3.27. The molecule has 1 fully saturated rings. The minimum absolute atomic E-state index is 0.0135. The standard InChI is InChI=1S/C28H36N6O2/c1-27(2,3)17-34-21-11-10-19(30-24(21)32(6)26(34)36)18-12-13-28(4,5)22(15-18)31-25(35)20-16-33-14-8-7-9-23(33)29-20/h7-11,14,16,18,22H,12-13,15,17H2,1-6H3,(H,31,35). The molecule has 8 nitrogen and oxygen atoms in total. The number of fused-ring (bicyclic) bond motifs is 2. The van der Waals surface area contributed by atoms with Gasteiger partial charge in [-0.05, 0) is 54.4 Å². The zero-order valence-corrected chi connectivity index (χ0v) is 22.1. The third-order valence-corrected chi connectivity index (χ3v) is 7.56. The first-order valence-corrected chi connectivity index (χ1v) is 12.7. The number of rotatable bonds is 4. The quantitative estimate of drug-likeness (QED) is 0.458. The first kappa shape index (κ1) is 24.3. The molecule has 190 valence electrons. The SMILES string of the molecule is Cn1c(=O)n(CC(C)(C)C)c2ccc(C3CCC(C)(C)C(NC(=O)c4cn5ccccc5n4)C3)nc21. The summed E-state index contributed by atoms with van der Waals surface area (Å²) in [4.78, 5) is 35.5. The van der Waals surface area contributed by atoms with Crippen molar-refractivity contribution in [1.82, 2.24) is 28.8 Å². The highest BCUT2D eigenvalue weighted by Crippen LogP contribution is 2.42. The number of carbonyl (C=O) groups is 1. The van der Waals surface area contributed by atoms with Crippen LogP contribution >= 0.6 is 0 Å². The molecule has 0 radical (unpaired) electrons. The number of pyridine rings is 2. The van der Waals surface area contributed by atoms with Crippen LogP contribution in [0.4, 0.5) is 0 Å². The van der Waals surface area contributed by atoms with Crippen molar-refractivity contribution >= 4 is 22.7 Å². The third kappa shape index (κ3) is 4.45. The predicted octanol–water partition coefficient (Wildman–Crippen LogP) is 4.52. The summed E-state index contributed by atoms with van der Waals surface area (Å²) in [7, 11) is 1.79. The monoisotopic (exact) mass is 488 g/mol. The van der Waals surface area contributed by atoms with Crippen LogP contribution in [0.25, 0.3) is 16.8 Å². The van der Waals surface area contributed by atoms with Gasteiger partial charge in [0.05, 0.1) is 5.52 Å². The fourth-order valence-corrected chi connectivity index (χ4v) is 5.38. The first-order chi connectivity index (χ1) is 16.9. The van der Waals surface area contributed by atoms with Gasteiger partial charge in [-0.2, -0.15) is 0 Å². The van der Waals surface area contributed by atoms with Crippen LogP contribution in [0.2, 0.25) is 0 Å². The number of carbonyl (C=O) groups excluding carboxylic acids is 1. The molecule has 2 atom stereocenters. The van der Waals surface area contributed by atoms with E-state index in [2.05, 4.69) is 51.0 Å². The Morgan fingerprint density at radius 2 is 1.94 bits per heavy atom. The smallest absolute Gasteiger partial charge is 0.330 e. The molecule has 4 aromatic rings. The summed E-state index contributed by atoms with van der Waals surface area (Å²) in [5.74, 6) is 0.0531. The summed E-state index contributed by atoms with van der Waals surface area (Å²) in [6, 6.07) is 9.80. The van der Waals surface area contributed by atoms with Crippen LogP contribution in [0, 0.1) is 10.8 Å². The highest BCUT2D eigenvalue weighted by Gasteiger charge is 2.39. The Balaban J connectivity index is 1.40. The van der Waals surface area contributed by atoms with Gasteiger partial charge in [0.25, 0.3) is 5.91 Å². The van der Waals surface area contributed by atoms with Gasteiger partial charge in [0.2, 0.25) is 0 Å². The Hall–Kier alpha value is -3.42. The molecule has 8 heteroatoms. The van der Waals surface area contributed by atoms with Crippen LogP contribution in [0.3, 0.4) is 0 Å². The average Bonchev–Trinajstić information content (AvgIpc) is 3.35. The van der Waals surface area contributed by atoms with Gasteiger partial charge < -0.3 is 9.72 Å². The second-order valence-electron chi connectivity index (χ2n) is 12.1. The van der Waals surface area contributed by atoms with E-state index in [-0.39, 0.29) is 34.4 Å². The normalized spacial score (nSPS) is 20.2. The number of aromatic nitrogens is 5. The van der Waals surface area contributed by atoms with Crippen molar-refractivity contribution in [3.63, 3.8) is 0 Å². The average molecular weight is 489 g/mol. The lowest BCUT2D eigenvalue weighted by Gasteiger charge is -2.42. The number of amides is 1. The van der Waals surface area contributed by atoms with E-state index in [9.17, 15) is 9.59 Å². The van der Waals surface area contributed by atoms with E-state index < -0.39 is 0 Å². The fourth-order valence-electron chi connectivity index (χ4n) is 5.38. The number of hydrogen-bond donors (Lipinski definition) is 1. The van der Waals surface area contributed by atoms with Crippen molar-refractivity contribution in [3.8, 4) is 0 Å². The van der Waals surface area contributed by atoms with Gasteiger partial charge in [0.1, 0.15) is 11.3 Å². The number of nitrogens with zero attached hydrogens (tertiary/aromatic N) is 5. The molecule has 0 aliphatic heterocycles. The molecule has 5 rings (SSSR count). The number of nitrogens with one attached hydrogen (secondary N) is 1. The lowest BCUT2D eigenvalue weighted by atomic mass is 9.68. The van der Waals surface area contributed by atoms with E-state index in [1.807, 2.05) is 39.4 Å². The highest BCUT2D eigenvalue weighted by atomic mass is 16.2. The van der Waals surface area contributed by atoms with Gasteiger partial charge in [-0.3, -0.25) is 13.9 Å². The molecule has 4 aromatic heterocycles. The topological polar surface area (TPSA) is 86.2 Å². The van der Waals surface area contributed by atoms with Gasteiger partial charge in [-0.1, -0.05) is 40.7 Å². The molecule has 0 spiro atoms. The van der Waals surface area contributed by atoms with E-state index in [0.29, 0.717) is 12.2 Å². The van der Waals surface area contributed by atoms with Gasteiger partial charge >= 0.3 is 5.69 Å². The third-order valence-electron chi connectivity index (χ3n) is 7.56. The van der Waals surface area contributed by atoms with Crippen molar-refractivity contribution in [2.45, 2.75) is 72.4 Å². The van der Waals surface area contributed by atoms with Crippen LogP contribution in [-0.2, 0) is 13.6 Å². The molecule has 1 aliphatic carbocycles. The minimum Gasteiger partial charge on any atom is -0.347 e. The Morgan fingerprint density at radius 3 is 2.67 bits per heavy atom. The molecule has 1 amide bonds. The maximum atomic E-state index is 13.1. The Bertz CT molecular complexity index is 1470. The van der Waals surface area contributed by atoms with E-state index >= 15 is 0 Å². The molecular weight excluding hydrogens is 452 g/mol. The number of aryl methyl sites for hydroxylation is 1. The van der Waals surface area contributed by atoms with E-state index in [4.69, 9.17) is 4.98 Å². The van der Waals surface area contributed by atoms with Crippen molar-refractivity contribution in [3.05, 3.63) is 64.6 Å². The molecular formula is C28H36N6O2. The summed E-state index contributed by atoms with van der Waals surface area (Å²) >= 11 is 0. The van der Waals surface area contributed by atoms with Crippen LogP contribution in [-0.4, -0.2) is 35.5 Å². The van der Waals surface area contributed by atoms with Crippen LogP contribution in [0.15, 0.2) is 47.5 Å². The number of hydrogen-bond acceptors (Lipinski definition) is 4. The van der Waals surface area contributed by atoms with Crippen molar-refractivity contribution < 1.29 is 4.79 Å². The summed E-state index contributed by atoms with van der Waals surface area (Å²) in [6.45, 7) is 11.5. The molecule has 4 heterocycles. The lowest BCUT2D eigenvalue weighted by Crippen LogP contribution is -2.48. The van der Waals surface area contributed by atoms with Crippen LogP contribution in [0.5, 0.6) is 0 Å². The molecule has 1 aliphatic rings. The second-order valence-corrected chi connectivity index (χ2v) is 12.1. The van der Waals surface area contributed by atoms with Crippen molar-refractivity contribution in [2.75, 3.05) is 0 Å². The first-order valence-electron chi connectivity index (χ1n) is 12.7. The largest absolute Gasteiger partial charge is 0.347 e. The van der Waals surface area contributed by atoms with Crippen LogP contribution < -0.4 is 11.0 Å². The molecule has 36 heavy (non-hydrogen) atoms. The highest BCUT2D eigenvalue weighted by molar-refractivity contribution is 5.93. The Labute approximate surface area is 211 Å². The fraction of sp³-hybridized carbons (Fsp3) is 0.500. The molecule has 0 saturated heterocycles. The Morgan fingerprint density at radius 1 is 1.17 bits per heavy atom. The maximum absolute atomic E-state index is 13.1. The summed E-state index contributed by atoms with van der Waals surface area (Å²) in [6.07, 6.45) is 6.42. The predicted molar refractivity (Wildman–Crippen MR) is 141 cm³/mol. The van der Waals surface area contributed by atoms with Crippen molar-refractivity contribution in [1.29, 1.82) is 0 Å². The Kier molecular flexibility index (Phi) is 5.80. The van der Waals surface area contributed by atoms with E-state index in [0.717, 1.165) is 41.8 Å². The zero-order chi connectivity index (χ0) is 25.8. The molecule has 1 saturated carbocycles. The van der Waals surface area contributed by atoms with Crippen LogP contribution in [0.1, 0.15) is 76.0 Å². The van der Waals surface area contributed by atoms with Gasteiger partial charge in [-0.15, -0.1) is 0 Å². The molecule has 0 aromatic carbocycles. The summed E-state index contributed by atoms with van der Waals surface area (Å²) < 4.78 is 5.34. The molecule has 2 unspecified atom stereocenters. The second kappa shape index (κ2) is 8.61. The lowest BCUT2D eigenvalue weighted by molar-refractivity contribution is 0.0832. The zero-order valence-electron chi connectivity index (χ0n) is 22.1. The minimum atomic E-state index is -0.150. The van der Waals surface area contributed by atoms with Gasteiger partial charge in [0, 0.05) is 43.6 Å². The van der Waals surface area contributed by atoms with Crippen molar-refractivity contribution in [2.24, 2.45) is 17.9 Å². The summed E-state index contributed by atoms with van der Waals surface area (Å²) in [5.41, 5.74) is 3.65.